The first-order chi connectivity index (χ1) is 18.2. The monoisotopic (exact) mass is 504 g/mol. The molecule has 0 amide bonds. The number of aromatic nitrogens is 2. The number of hydrogen-bond acceptors (Lipinski definition) is 4. The van der Waals surface area contributed by atoms with Gasteiger partial charge in [-0.15, -0.1) is 0 Å². The molecule has 0 radical (unpaired) electrons. The highest BCUT2D eigenvalue weighted by Crippen LogP contribution is 2.30. The summed E-state index contributed by atoms with van der Waals surface area (Å²) in [5, 5.41) is 0. The topological polar surface area (TPSA) is 32.3 Å². The first kappa shape index (κ1) is 26.0. The van der Waals surface area contributed by atoms with Crippen LogP contribution in [-0.4, -0.2) is 35.6 Å². The Balaban J connectivity index is 1.30. The molecule has 4 aromatic rings. The third-order valence-corrected chi connectivity index (χ3v) is 8.59. The van der Waals surface area contributed by atoms with Crippen molar-refractivity contribution in [2.75, 3.05) is 29.4 Å². The van der Waals surface area contributed by atoms with Gasteiger partial charge in [0.05, 0.1) is 35.2 Å². The zero-order valence-corrected chi connectivity index (χ0v) is 24.0. The van der Waals surface area contributed by atoms with E-state index in [1.165, 1.54) is 55.9 Å². The van der Waals surface area contributed by atoms with Crippen molar-refractivity contribution in [3.8, 4) is 22.5 Å². The molecular weight excluding hydrogens is 464 g/mol. The molecule has 4 nitrogen and oxygen atoms in total. The van der Waals surface area contributed by atoms with Gasteiger partial charge in [0.2, 0.25) is 0 Å². The van der Waals surface area contributed by atoms with Crippen LogP contribution in [0, 0.1) is 41.5 Å². The van der Waals surface area contributed by atoms with E-state index in [2.05, 4.69) is 113 Å². The van der Waals surface area contributed by atoms with E-state index in [0.29, 0.717) is 6.04 Å². The fraction of sp³-hybridized carbons (Fsp3) is 0.353. The molecule has 0 spiro atoms. The van der Waals surface area contributed by atoms with Gasteiger partial charge in [-0.25, -0.2) is 0 Å². The van der Waals surface area contributed by atoms with E-state index < -0.39 is 0 Å². The number of aryl methyl sites for hydroxylation is 4. The second-order valence-corrected chi connectivity index (χ2v) is 11.0. The number of hydrogen-bond donors (Lipinski definition) is 0. The summed E-state index contributed by atoms with van der Waals surface area (Å²) in [6.07, 6.45) is 5.19. The lowest BCUT2D eigenvalue weighted by Crippen LogP contribution is -2.53. The summed E-state index contributed by atoms with van der Waals surface area (Å²) in [5.41, 5.74) is 14.9. The third-order valence-electron chi connectivity index (χ3n) is 8.59. The third kappa shape index (κ3) is 5.05. The van der Waals surface area contributed by atoms with Crippen molar-refractivity contribution in [3.63, 3.8) is 0 Å². The Labute approximate surface area is 228 Å². The van der Waals surface area contributed by atoms with Gasteiger partial charge in [0.1, 0.15) is 0 Å². The summed E-state index contributed by atoms with van der Waals surface area (Å²) in [4.78, 5) is 14.7. The lowest BCUT2D eigenvalue weighted by molar-refractivity contribution is 0.508. The van der Waals surface area contributed by atoms with Gasteiger partial charge in [0, 0.05) is 36.8 Å². The molecule has 3 heterocycles. The van der Waals surface area contributed by atoms with Crippen LogP contribution in [0.2, 0.25) is 0 Å². The summed E-state index contributed by atoms with van der Waals surface area (Å²) in [5.74, 6) is 0. The van der Waals surface area contributed by atoms with E-state index in [0.717, 1.165) is 37.4 Å². The smallest absolute Gasteiger partial charge is 0.0703 e. The fourth-order valence-electron chi connectivity index (χ4n) is 5.62. The molecule has 0 aliphatic carbocycles. The van der Waals surface area contributed by atoms with Crippen molar-refractivity contribution in [1.29, 1.82) is 0 Å². The molecule has 196 valence electrons. The summed E-state index contributed by atoms with van der Waals surface area (Å²) in [6, 6.07) is 18.2. The standard InChI is InChI=1S/C34H40N4/c1-8-30-21-37(31-9-11-33(35-19-31)28-15-22(2)26(6)23(3)16-28)13-14-38(30)32-10-12-34(36-20-32)29-17-24(4)27(7)25(5)18-29/h9-12,15-20,30H,8,13-14,21H2,1-7H3. The van der Waals surface area contributed by atoms with E-state index in [1.807, 2.05) is 6.20 Å². The average Bonchev–Trinajstić information content (AvgIpc) is 2.94. The molecule has 0 bridgehead atoms. The van der Waals surface area contributed by atoms with Gasteiger partial charge in [-0.3, -0.25) is 9.97 Å². The molecule has 1 aliphatic rings. The Morgan fingerprint density at radius 2 is 1.13 bits per heavy atom. The van der Waals surface area contributed by atoms with E-state index in [1.54, 1.807) is 0 Å². The van der Waals surface area contributed by atoms with Crippen molar-refractivity contribution >= 4 is 11.4 Å². The van der Waals surface area contributed by atoms with E-state index in [-0.39, 0.29) is 0 Å². The second-order valence-electron chi connectivity index (χ2n) is 11.0. The van der Waals surface area contributed by atoms with Crippen molar-refractivity contribution in [1.82, 2.24) is 9.97 Å². The molecule has 5 rings (SSSR count). The maximum atomic E-state index is 4.87. The van der Waals surface area contributed by atoms with Crippen LogP contribution in [0.4, 0.5) is 11.4 Å². The van der Waals surface area contributed by atoms with Gasteiger partial charge in [-0.2, -0.15) is 0 Å². The minimum absolute atomic E-state index is 0.433. The van der Waals surface area contributed by atoms with Gasteiger partial charge >= 0.3 is 0 Å². The largest absolute Gasteiger partial charge is 0.366 e. The van der Waals surface area contributed by atoms with Crippen LogP contribution in [0.1, 0.15) is 46.7 Å². The Morgan fingerprint density at radius 3 is 1.55 bits per heavy atom. The molecule has 1 aliphatic heterocycles. The van der Waals surface area contributed by atoms with Gasteiger partial charge < -0.3 is 9.80 Å². The van der Waals surface area contributed by atoms with Crippen LogP contribution in [0.25, 0.3) is 22.5 Å². The number of anilines is 2. The molecule has 2 aromatic heterocycles. The van der Waals surface area contributed by atoms with Crippen molar-refractivity contribution in [2.45, 2.75) is 60.9 Å². The molecular formula is C34H40N4. The van der Waals surface area contributed by atoms with Crippen LogP contribution in [0.5, 0.6) is 0 Å². The normalized spacial score (nSPS) is 15.7. The van der Waals surface area contributed by atoms with Gasteiger partial charge in [0.25, 0.3) is 0 Å². The number of nitrogens with zero attached hydrogens (tertiary/aromatic N) is 4. The number of pyridine rings is 2. The number of benzene rings is 2. The van der Waals surface area contributed by atoms with Crippen LogP contribution < -0.4 is 9.80 Å². The fourth-order valence-corrected chi connectivity index (χ4v) is 5.62. The Kier molecular flexibility index (Phi) is 7.25. The Morgan fingerprint density at radius 1 is 0.658 bits per heavy atom. The average molecular weight is 505 g/mol. The molecule has 1 atom stereocenters. The molecule has 2 aromatic carbocycles. The highest BCUT2D eigenvalue weighted by molar-refractivity contribution is 5.66. The van der Waals surface area contributed by atoms with Gasteiger partial charge in [0.15, 0.2) is 0 Å². The zero-order chi connectivity index (χ0) is 27.0. The van der Waals surface area contributed by atoms with Crippen LogP contribution >= 0.6 is 0 Å². The molecule has 0 saturated carbocycles. The molecule has 1 fully saturated rings. The number of rotatable bonds is 5. The van der Waals surface area contributed by atoms with E-state index in [4.69, 9.17) is 9.97 Å². The molecule has 1 saturated heterocycles. The van der Waals surface area contributed by atoms with Crippen molar-refractivity contribution in [3.05, 3.63) is 94.3 Å². The van der Waals surface area contributed by atoms with Gasteiger partial charge in [-0.1, -0.05) is 6.92 Å². The van der Waals surface area contributed by atoms with E-state index in [9.17, 15) is 0 Å². The number of piperazine rings is 1. The molecule has 38 heavy (non-hydrogen) atoms. The molecule has 4 heteroatoms. The van der Waals surface area contributed by atoms with E-state index >= 15 is 0 Å². The summed E-state index contributed by atoms with van der Waals surface area (Å²) >= 11 is 0. The Bertz CT molecular complexity index is 1390. The maximum absolute atomic E-state index is 4.87. The maximum Gasteiger partial charge on any atom is 0.0703 e. The predicted molar refractivity (Wildman–Crippen MR) is 161 cm³/mol. The molecule has 0 N–H and O–H groups in total. The highest BCUT2D eigenvalue weighted by Gasteiger charge is 2.26. The first-order valence-corrected chi connectivity index (χ1v) is 13.8. The molecule has 1 unspecified atom stereocenters. The quantitative estimate of drug-likeness (QED) is 0.278. The summed E-state index contributed by atoms with van der Waals surface area (Å²) in [6.45, 7) is 18.3. The van der Waals surface area contributed by atoms with Crippen molar-refractivity contribution < 1.29 is 0 Å². The Hall–Kier alpha value is -3.66. The highest BCUT2D eigenvalue weighted by atomic mass is 15.3. The SMILES string of the molecule is CCC1CN(c2ccc(-c3cc(C)c(C)c(C)c3)nc2)CCN1c1ccc(-c2cc(C)c(C)c(C)c2)nc1. The van der Waals surface area contributed by atoms with Crippen LogP contribution in [0.3, 0.4) is 0 Å². The minimum atomic E-state index is 0.433. The zero-order valence-electron chi connectivity index (χ0n) is 24.0. The summed E-state index contributed by atoms with van der Waals surface area (Å²) in [7, 11) is 0. The summed E-state index contributed by atoms with van der Waals surface area (Å²) < 4.78 is 0. The lowest BCUT2D eigenvalue weighted by atomic mass is 9.98. The minimum Gasteiger partial charge on any atom is -0.366 e. The van der Waals surface area contributed by atoms with Crippen molar-refractivity contribution in [2.24, 2.45) is 0 Å². The predicted octanol–water partition coefficient (Wildman–Crippen LogP) is 7.77. The van der Waals surface area contributed by atoms with Crippen LogP contribution in [0.15, 0.2) is 60.9 Å². The van der Waals surface area contributed by atoms with Crippen LogP contribution in [-0.2, 0) is 0 Å². The second kappa shape index (κ2) is 10.6. The lowest BCUT2D eigenvalue weighted by Gasteiger charge is -2.43. The van der Waals surface area contributed by atoms with Gasteiger partial charge in [-0.05, 0) is 130 Å². The first-order valence-electron chi connectivity index (χ1n) is 13.8.